The fourth-order valence-electron chi connectivity index (χ4n) is 4.07. The number of aromatic nitrogens is 2. The first kappa shape index (κ1) is 26.9. The fourth-order valence-corrected chi connectivity index (χ4v) is 4.60. The van der Waals surface area contributed by atoms with Crippen LogP contribution in [0, 0.1) is 0 Å². The Morgan fingerprint density at radius 2 is 1.94 bits per heavy atom. The second-order valence-corrected chi connectivity index (χ2v) is 9.72. The van der Waals surface area contributed by atoms with E-state index in [0.29, 0.717) is 27.5 Å². The molecule has 1 aliphatic rings. The third-order valence-corrected chi connectivity index (χ3v) is 6.70. The number of ether oxygens (including phenoxy) is 1. The number of carbonyl (C=O) groups is 1. The van der Waals surface area contributed by atoms with E-state index in [2.05, 4.69) is 67.6 Å². The van der Waals surface area contributed by atoms with Gasteiger partial charge in [-0.15, -0.1) is 0 Å². The number of hydrogen-bond acceptors (Lipinski definition) is 8. The normalized spacial score (nSPS) is 16.0. The van der Waals surface area contributed by atoms with Crippen LogP contribution in [0.25, 0.3) is 4.48 Å². The molecule has 2 heterocycles. The number of hydrogen-bond donors (Lipinski definition) is 3. The molecule has 1 aliphatic heterocycles. The molecule has 35 heavy (non-hydrogen) atoms. The first-order valence-corrected chi connectivity index (χ1v) is 13.2. The van der Waals surface area contributed by atoms with E-state index >= 15 is 0 Å². The molecular formula is C26H37BrN6O2. The van der Waals surface area contributed by atoms with Crippen molar-refractivity contribution >= 4 is 44.2 Å². The average Bonchev–Trinajstić information content (AvgIpc) is 2.86. The molecule has 1 saturated heterocycles. The van der Waals surface area contributed by atoms with Gasteiger partial charge in [-0.25, -0.2) is 4.98 Å². The Balaban J connectivity index is 1.87. The molecule has 1 atom stereocenters. The Kier molecular flexibility index (Phi) is 10.3. The number of halogens is 1. The van der Waals surface area contributed by atoms with Gasteiger partial charge in [-0.3, -0.25) is 4.79 Å². The predicted octanol–water partition coefficient (Wildman–Crippen LogP) is 5.41. The number of aldehydes is 1. The van der Waals surface area contributed by atoms with Gasteiger partial charge in [-0.05, 0) is 86.0 Å². The Morgan fingerprint density at radius 3 is 2.54 bits per heavy atom. The molecule has 0 radical (unpaired) electrons. The molecule has 3 rings (SSSR count). The van der Waals surface area contributed by atoms with Crippen molar-refractivity contribution in [3.8, 4) is 5.75 Å². The summed E-state index contributed by atoms with van der Waals surface area (Å²) in [6, 6.07) is 8.04. The van der Waals surface area contributed by atoms with Gasteiger partial charge in [0, 0.05) is 25.0 Å². The van der Waals surface area contributed by atoms with Gasteiger partial charge in [-0.1, -0.05) is 20.3 Å². The highest BCUT2D eigenvalue weighted by atomic mass is 79.9. The largest absolute Gasteiger partial charge is 0.490 e. The van der Waals surface area contributed by atoms with Crippen LogP contribution >= 0.6 is 15.9 Å². The lowest BCUT2D eigenvalue weighted by Crippen LogP contribution is -2.37. The highest BCUT2D eigenvalue weighted by Crippen LogP contribution is 2.30. The van der Waals surface area contributed by atoms with Crippen molar-refractivity contribution in [3.63, 3.8) is 0 Å². The summed E-state index contributed by atoms with van der Waals surface area (Å²) in [6.45, 7) is 6.36. The maximum absolute atomic E-state index is 12.1. The van der Waals surface area contributed by atoms with Crippen molar-refractivity contribution in [2.24, 2.45) is 0 Å². The van der Waals surface area contributed by atoms with Crippen molar-refractivity contribution in [2.75, 3.05) is 37.8 Å². The van der Waals surface area contributed by atoms with E-state index in [-0.39, 0.29) is 12.1 Å². The molecule has 0 amide bonds. The summed E-state index contributed by atoms with van der Waals surface area (Å²) in [5.41, 5.74) is 1.71. The van der Waals surface area contributed by atoms with E-state index in [9.17, 15) is 4.79 Å². The van der Waals surface area contributed by atoms with Crippen LogP contribution in [-0.4, -0.2) is 60.5 Å². The minimum absolute atomic E-state index is 0.217. The lowest BCUT2D eigenvalue weighted by Gasteiger charge is -2.29. The predicted molar refractivity (Wildman–Crippen MR) is 147 cm³/mol. The molecule has 1 aromatic heterocycles. The van der Waals surface area contributed by atoms with E-state index in [1.165, 1.54) is 0 Å². The summed E-state index contributed by atoms with van der Waals surface area (Å²) < 4.78 is 6.77. The minimum atomic E-state index is 0.217. The highest BCUT2D eigenvalue weighted by Gasteiger charge is 2.21. The molecule has 1 fully saturated rings. The zero-order chi connectivity index (χ0) is 25.2. The van der Waals surface area contributed by atoms with Crippen LogP contribution in [0.4, 0.5) is 17.5 Å². The SMILES string of the molecule is CCCC(CC)Oc1ccc(Nc2nc(NC3CCN(C)CC3)nc(/C(Br)=C\NC)c2C=O)cc1. The molecule has 9 heteroatoms. The summed E-state index contributed by atoms with van der Waals surface area (Å²) in [5.74, 6) is 1.78. The molecule has 0 saturated carbocycles. The average molecular weight is 546 g/mol. The lowest BCUT2D eigenvalue weighted by molar-refractivity contribution is 0.112. The Labute approximate surface area is 217 Å². The molecule has 0 spiro atoms. The second-order valence-electron chi connectivity index (χ2n) is 8.86. The van der Waals surface area contributed by atoms with Gasteiger partial charge in [0.2, 0.25) is 5.95 Å². The number of anilines is 3. The maximum Gasteiger partial charge on any atom is 0.225 e. The summed E-state index contributed by atoms with van der Waals surface area (Å²) in [7, 11) is 3.93. The smallest absolute Gasteiger partial charge is 0.225 e. The van der Waals surface area contributed by atoms with Gasteiger partial charge in [0.05, 0.1) is 21.8 Å². The summed E-state index contributed by atoms with van der Waals surface area (Å²) >= 11 is 3.55. The molecule has 2 aromatic rings. The van der Waals surface area contributed by atoms with Gasteiger partial charge in [0.15, 0.2) is 6.29 Å². The van der Waals surface area contributed by atoms with Crippen LogP contribution in [0.3, 0.4) is 0 Å². The molecule has 1 unspecified atom stereocenters. The maximum atomic E-state index is 12.1. The van der Waals surface area contributed by atoms with Crippen molar-refractivity contribution in [1.82, 2.24) is 20.2 Å². The fraction of sp³-hybridized carbons (Fsp3) is 0.500. The van der Waals surface area contributed by atoms with Gasteiger partial charge < -0.3 is 25.6 Å². The van der Waals surface area contributed by atoms with Crippen LogP contribution in [0.1, 0.15) is 62.0 Å². The standard InChI is InChI=1S/C26H37BrN6O2/c1-5-7-20(6-2)35-21-10-8-18(9-11-21)29-25-22(17-34)24(23(27)16-28-3)31-26(32-25)30-19-12-14-33(4)15-13-19/h8-11,16-17,19-20,28H,5-7,12-15H2,1-4H3,(H2,29,30,31,32)/b23-16+. The van der Waals surface area contributed by atoms with Crippen LogP contribution in [0.5, 0.6) is 5.75 Å². The first-order chi connectivity index (χ1) is 17.0. The van der Waals surface area contributed by atoms with E-state index in [1.807, 2.05) is 24.3 Å². The molecule has 0 aliphatic carbocycles. The number of piperidine rings is 1. The number of benzene rings is 1. The highest BCUT2D eigenvalue weighted by molar-refractivity contribution is 9.15. The van der Waals surface area contributed by atoms with Gasteiger partial charge in [0.25, 0.3) is 0 Å². The Morgan fingerprint density at radius 1 is 1.23 bits per heavy atom. The number of nitrogens with zero attached hydrogens (tertiary/aromatic N) is 3. The van der Waals surface area contributed by atoms with E-state index in [1.54, 1.807) is 13.2 Å². The van der Waals surface area contributed by atoms with E-state index in [4.69, 9.17) is 4.74 Å². The Bertz CT molecular complexity index is 990. The zero-order valence-corrected chi connectivity index (χ0v) is 22.7. The van der Waals surface area contributed by atoms with Crippen LogP contribution < -0.4 is 20.7 Å². The molecule has 0 bridgehead atoms. The summed E-state index contributed by atoms with van der Waals surface area (Å²) in [6.07, 6.45) is 7.88. The molecular weight excluding hydrogens is 508 g/mol. The third kappa shape index (κ3) is 7.67. The topological polar surface area (TPSA) is 91.4 Å². The number of nitrogens with one attached hydrogen (secondary N) is 3. The van der Waals surface area contributed by atoms with Crippen LogP contribution in [0.15, 0.2) is 30.5 Å². The number of carbonyl (C=O) groups excluding carboxylic acids is 1. The van der Waals surface area contributed by atoms with Crippen molar-refractivity contribution < 1.29 is 9.53 Å². The van der Waals surface area contributed by atoms with Gasteiger partial charge in [-0.2, -0.15) is 4.98 Å². The molecule has 1 aromatic carbocycles. The molecule has 8 nitrogen and oxygen atoms in total. The quantitative estimate of drug-likeness (QED) is 0.305. The first-order valence-electron chi connectivity index (χ1n) is 12.4. The summed E-state index contributed by atoms with van der Waals surface area (Å²) in [4.78, 5) is 23.8. The minimum Gasteiger partial charge on any atom is -0.490 e. The number of rotatable bonds is 12. The summed E-state index contributed by atoms with van der Waals surface area (Å²) in [5, 5.41) is 9.76. The second kappa shape index (κ2) is 13.4. The number of likely N-dealkylation sites (tertiary alicyclic amines) is 1. The molecule has 3 N–H and O–H groups in total. The van der Waals surface area contributed by atoms with E-state index < -0.39 is 0 Å². The molecule has 190 valence electrons. The third-order valence-electron chi connectivity index (χ3n) is 6.10. The van der Waals surface area contributed by atoms with Crippen LogP contribution in [-0.2, 0) is 0 Å². The zero-order valence-electron chi connectivity index (χ0n) is 21.1. The van der Waals surface area contributed by atoms with Gasteiger partial charge in [0.1, 0.15) is 11.6 Å². The van der Waals surface area contributed by atoms with Crippen LogP contribution in [0.2, 0.25) is 0 Å². The van der Waals surface area contributed by atoms with Crippen molar-refractivity contribution in [3.05, 3.63) is 41.7 Å². The van der Waals surface area contributed by atoms with Crippen molar-refractivity contribution in [1.29, 1.82) is 0 Å². The van der Waals surface area contributed by atoms with Gasteiger partial charge >= 0.3 is 0 Å². The van der Waals surface area contributed by atoms with Crippen molar-refractivity contribution in [2.45, 2.75) is 58.1 Å². The van der Waals surface area contributed by atoms with E-state index in [0.717, 1.165) is 62.9 Å². The monoisotopic (exact) mass is 544 g/mol. The lowest BCUT2D eigenvalue weighted by atomic mass is 10.1. The Hall–Kier alpha value is -2.65.